The molecule has 1 saturated carbocycles. The third-order valence-corrected chi connectivity index (χ3v) is 5.19. The Morgan fingerprint density at radius 3 is 2.61 bits per heavy atom. The number of carbonyl (C=O) groups excluding carboxylic acids is 2. The van der Waals surface area contributed by atoms with Crippen LogP contribution in [0.2, 0.25) is 0 Å². The van der Waals surface area contributed by atoms with Crippen LogP contribution in [-0.2, 0) is 14.3 Å². The standard InChI is InChI=1S/C15H16O3/c16-11-5-7-15(8-6-12(17)18-15)14-10-3-1-9(2-4-10)13(11)14/h1,3,5,7,9-10,13-14H,2,4,6,8H2/t9-,10+,13+,14+,15-/m0/s1. The Morgan fingerprint density at radius 1 is 1.17 bits per heavy atom. The molecular weight excluding hydrogens is 228 g/mol. The smallest absolute Gasteiger partial charge is 0.306 e. The van der Waals surface area contributed by atoms with Crippen molar-refractivity contribution in [2.24, 2.45) is 23.7 Å². The van der Waals surface area contributed by atoms with E-state index < -0.39 is 5.60 Å². The molecule has 0 aromatic heterocycles. The molecule has 5 aliphatic rings. The van der Waals surface area contributed by atoms with Gasteiger partial charge in [-0.2, -0.15) is 0 Å². The number of hydrogen-bond donors (Lipinski definition) is 0. The number of hydrogen-bond acceptors (Lipinski definition) is 3. The average Bonchev–Trinajstić information content (AvgIpc) is 2.78. The second kappa shape index (κ2) is 3.34. The molecule has 1 heterocycles. The fraction of sp³-hybridized carbons (Fsp3) is 0.600. The molecular formula is C15H16O3. The molecule has 1 spiro atoms. The molecule has 0 amide bonds. The van der Waals surface area contributed by atoms with Gasteiger partial charge in [-0.25, -0.2) is 0 Å². The zero-order valence-corrected chi connectivity index (χ0v) is 10.2. The Kier molecular flexibility index (Phi) is 1.95. The van der Waals surface area contributed by atoms with Crippen molar-refractivity contribution in [1.29, 1.82) is 0 Å². The summed E-state index contributed by atoms with van der Waals surface area (Å²) in [6, 6.07) is 0. The summed E-state index contributed by atoms with van der Waals surface area (Å²) >= 11 is 0. The van der Waals surface area contributed by atoms with Gasteiger partial charge in [0.05, 0.1) is 0 Å². The third kappa shape index (κ3) is 1.20. The minimum Gasteiger partial charge on any atom is -0.454 e. The van der Waals surface area contributed by atoms with Crippen LogP contribution in [0, 0.1) is 23.7 Å². The van der Waals surface area contributed by atoms with Crippen LogP contribution in [0.15, 0.2) is 24.3 Å². The highest BCUT2D eigenvalue weighted by Crippen LogP contribution is 2.55. The van der Waals surface area contributed by atoms with Crippen molar-refractivity contribution >= 4 is 11.8 Å². The van der Waals surface area contributed by atoms with E-state index in [-0.39, 0.29) is 23.6 Å². The number of carbonyl (C=O) groups is 2. The van der Waals surface area contributed by atoms with Crippen molar-refractivity contribution in [2.45, 2.75) is 31.3 Å². The monoisotopic (exact) mass is 244 g/mol. The van der Waals surface area contributed by atoms with Crippen LogP contribution in [0.4, 0.5) is 0 Å². The second-order valence-electron chi connectivity index (χ2n) is 6.01. The SMILES string of the molecule is O=C1CC[C@]2(C=CC(=O)[C@@H]3[C@H]2[C@@H]2C=C[C@H]3CC2)O1. The summed E-state index contributed by atoms with van der Waals surface area (Å²) in [6.45, 7) is 0. The summed E-state index contributed by atoms with van der Waals surface area (Å²) in [5.41, 5.74) is -0.482. The summed E-state index contributed by atoms with van der Waals surface area (Å²) in [5.74, 6) is 1.11. The normalized spacial score (nSPS) is 48.7. The van der Waals surface area contributed by atoms with Crippen molar-refractivity contribution in [2.75, 3.05) is 0 Å². The quantitative estimate of drug-likeness (QED) is 0.483. The van der Waals surface area contributed by atoms with Gasteiger partial charge in [-0.1, -0.05) is 12.2 Å². The molecule has 0 aromatic carbocycles. The summed E-state index contributed by atoms with van der Waals surface area (Å²) in [4.78, 5) is 23.7. The topological polar surface area (TPSA) is 43.4 Å². The highest BCUT2D eigenvalue weighted by Gasteiger charge is 2.58. The number of esters is 1. The molecule has 1 saturated heterocycles. The fourth-order valence-electron chi connectivity index (χ4n) is 4.46. The van der Waals surface area contributed by atoms with Crippen LogP contribution < -0.4 is 0 Å². The first-order chi connectivity index (χ1) is 8.70. The molecule has 0 radical (unpaired) electrons. The molecule has 94 valence electrons. The maximum Gasteiger partial charge on any atom is 0.306 e. The fourth-order valence-corrected chi connectivity index (χ4v) is 4.46. The van der Waals surface area contributed by atoms with Crippen molar-refractivity contribution < 1.29 is 14.3 Å². The van der Waals surface area contributed by atoms with Gasteiger partial charge in [-0.15, -0.1) is 0 Å². The number of fused-ring (bicyclic) bond motifs is 1. The maximum atomic E-state index is 12.2. The molecule has 2 bridgehead atoms. The van der Waals surface area contributed by atoms with Gasteiger partial charge < -0.3 is 4.74 Å². The number of ketones is 1. The molecule has 3 nitrogen and oxygen atoms in total. The minimum atomic E-state index is -0.482. The summed E-state index contributed by atoms with van der Waals surface area (Å²) in [6.07, 6.45) is 11.4. The van der Waals surface area contributed by atoms with E-state index in [4.69, 9.17) is 4.74 Å². The Morgan fingerprint density at radius 2 is 1.94 bits per heavy atom. The molecule has 1 aliphatic heterocycles. The third-order valence-electron chi connectivity index (χ3n) is 5.19. The lowest BCUT2D eigenvalue weighted by atomic mass is 9.54. The van der Waals surface area contributed by atoms with E-state index in [2.05, 4.69) is 12.2 Å². The Bertz CT molecular complexity index is 490. The van der Waals surface area contributed by atoms with Gasteiger partial charge in [0.2, 0.25) is 0 Å². The predicted molar refractivity (Wildman–Crippen MR) is 64.5 cm³/mol. The Labute approximate surface area is 106 Å². The molecule has 5 rings (SSSR count). The Balaban J connectivity index is 1.82. The van der Waals surface area contributed by atoms with E-state index in [9.17, 15) is 9.59 Å². The van der Waals surface area contributed by atoms with E-state index >= 15 is 0 Å². The maximum absolute atomic E-state index is 12.2. The number of ether oxygens (including phenoxy) is 1. The summed E-state index contributed by atoms with van der Waals surface area (Å²) in [7, 11) is 0. The average molecular weight is 244 g/mol. The van der Waals surface area contributed by atoms with Crippen molar-refractivity contribution in [3.05, 3.63) is 24.3 Å². The van der Waals surface area contributed by atoms with E-state index in [1.807, 2.05) is 6.08 Å². The lowest BCUT2D eigenvalue weighted by Crippen LogP contribution is -2.54. The van der Waals surface area contributed by atoms with Gasteiger partial charge in [0.1, 0.15) is 5.60 Å². The van der Waals surface area contributed by atoms with E-state index in [1.165, 1.54) is 0 Å². The molecule has 3 heteroatoms. The van der Waals surface area contributed by atoms with Crippen LogP contribution in [0.5, 0.6) is 0 Å². The van der Waals surface area contributed by atoms with Crippen molar-refractivity contribution in [3.8, 4) is 0 Å². The molecule has 18 heavy (non-hydrogen) atoms. The predicted octanol–water partition coefficient (Wildman–Crippen LogP) is 2.03. The molecule has 0 aromatic rings. The van der Waals surface area contributed by atoms with E-state index in [1.54, 1.807) is 6.08 Å². The van der Waals surface area contributed by atoms with Gasteiger partial charge in [0.15, 0.2) is 5.78 Å². The molecule has 4 aliphatic carbocycles. The van der Waals surface area contributed by atoms with Crippen LogP contribution in [0.1, 0.15) is 25.7 Å². The lowest BCUT2D eigenvalue weighted by Gasteiger charge is -2.51. The van der Waals surface area contributed by atoms with Crippen molar-refractivity contribution in [3.63, 3.8) is 0 Å². The zero-order valence-electron chi connectivity index (χ0n) is 10.2. The zero-order chi connectivity index (χ0) is 12.3. The Hall–Kier alpha value is -1.38. The molecule has 5 atom stereocenters. The molecule has 0 unspecified atom stereocenters. The van der Waals surface area contributed by atoms with Gasteiger partial charge in [0.25, 0.3) is 0 Å². The van der Waals surface area contributed by atoms with Gasteiger partial charge >= 0.3 is 5.97 Å². The van der Waals surface area contributed by atoms with Crippen molar-refractivity contribution in [1.82, 2.24) is 0 Å². The first-order valence-corrected chi connectivity index (χ1v) is 6.83. The van der Waals surface area contributed by atoms with Gasteiger partial charge in [-0.3, -0.25) is 9.59 Å². The van der Waals surface area contributed by atoms with E-state index in [0.717, 1.165) is 19.3 Å². The molecule has 2 fully saturated rings. The lowest BCUT2D eigenvalue weighted by molar-refractivity contribution is -0.158. The highest BCUT2D eigenvalue weighted by molar-refractivity contribution is 5.94. The second-order valence-corrected chi connectivity index (χ2v) is 6.01. The van der Waals surface area contributed by atoms with Crippen LogP contribution in [0.25, 0.3) is 0 Å². The van der Waals surface area contributed by atoms with Crippen LogP contribution in [0.3, 0.4) is 0 Å². The first-order valence-electron chi connectivity index (χ1n) is 6.83. The van der Waals surface area contributed by atoms with Gasteiger partial charge in [-0.05, 0) is 36.8 Å². The van der Waals surface area contributed by atoms with E-state index in [0.29, 0.717) is 18.3 Å². The number of allylic oxidation sites excluding steroid dienone is 3. The summed E-state index contributed by atoms with van der Waals surface area (Å²) < 4.78 is 5.65. The first kappa shape index (κ1) is 10.5. The van der Waals surface area contributed by atoms with Crippen LogP contribution in [-0.4, -0.2) is 17.4 Å². The molecule has 0 N–H and O–H groups in total. The summed E-state index contributed by atoms with van der Waals surface area (Å²) in [5, 5.41) is 0. The minimum absolute atomic E-state index is 0.0460. The van der Waals surface area contributed by atoms with Gasteiger partial charge in [0, 0.05) is 24.7 Å². The highest BCUT2D eigenvalue weighted by atomic mass is 16.6. The number of rotatable bonds is 0. The largest absolute Gasteiger partial charge is 0.454 e. The van der Waals surface area contributed by atoms with Crippen LogP contribution >= 0.6 is 0 Å².